The summed E-state index contributed by atoms with van der Waals surface area (Å²) in [5, 5.41) is 0. The second kappa shape index (κ2) is 11.0. The Morgan fingerprint density at radius 3 is 2.64 bits per heavy atom. The van der Waals surface area contributed by atoms with Gasteiger partial charge in [-0.1, -0.05) is 62.1 Å². The Labute approximate surface area is 170 Å². The van der Waals surface area contributed by atoms with Gasteiger partial charge in [0.15, 0.2) is 6.29 Å². The van der Waals surface area contributed by atoms with E-state index in [9.17, 15) is 4.79 Å². The summed E-state index contributed by atoms with van der Waals surface area (Å²) in [5.74, 6) is -0.444. The predicted molar refractivity (Wildman–Crippen MR) is 113 cm³/mol. The lowest BCUT2D eigenvalue weighted by molar-refractivity contribution is -0.255. The molecule has 0 radical (unpaired) electrons. The number of aldehydes is 1. The van der Waals surface area contributed by atoms with E-state index in [1.807, 2.05) is 37.3 Å². The summed E-state index contributed by atoms with van der Waals surface area (Å²) in [6, 6.07) is 10.9. The first-order valence-electron chi connectivity index (χ1n) is 9.94. The van der Waals surface area contributed by atoms with Crippen molar-refractivity contribution in [2.75, 3.05) is 20.0 Å². The van der Waals surface area contributed by atoms with E-state index in [0.717, 1.165) is 23.5 Å². The van der Waals surface area contributed by atoms with Crippen molar-refractivity contribution in [1.29, 1.82) is 0 Å². The maximum atomic E-state index is 11.7. The first kappa shape index (κ1) is 23.0. The van der Waals surface area contributed by atoms with Gasteiger partial charge in [-0.05, 0) is 19.4 Å². The summed E-state index contributed by atoms with van der Waals surface area (Å²) in [5.41, 5.74) is 1.71. The molecule has 28 heavy (non-hydrogen) atoms. The molecule has 0 bridgehead atoms. The zero-order valence-electron chi connectivity index (χ0n) is 17.6. The van der Waals surface area contributed by atoms with E-state index in [1.165, 1.54) is 0 Å². The van der Waals surface area contributed by atoms with Crippen molar-refractivity contribution in [3.05, 3.63) is 48.0 Å². The number of rotatable bonds is 11. The number of carbonyl (C=O) groups is 1. The highest BCUT2D eigenvalue weighted by Gasteiger charge is 2.36. The van der Waals surface area contributed by atoms with E-state index in [0.29, 0.717) is 19.6 Å². The first-order chi connectivity index (χ1) is 13.3. The van der Waals surface area contributed by atoms with Gasteiger partial charge in [0.25, 0.3) is 0 Å². The Hall–Kier alpha value is -1.31. The average molecular weight is 407 g/mol. The van der Waals surface area contributed by atoms with Gasteiger partial charge in [0.05, 0.1) is 24.7 Å². The maximum Gasteiger partial charge on any atom is 0.184 e. The SMILES string of the molecule is C=C(C)[C@H](C=O)[C@@H](OCOCC[Si](C)(C)C)[C@@H]1CCOC(c2ccccc2)O1. The lowest BCUT2D eigenvalue weighted by Crippen LogP contribution is -2.43. The second-order valence-electron chi connectivity index (χ2n) is 8.55. The molecule has 156 valence electrons. The number of ether oxygens (including phenoxy) is 4. The Bertz CT molecular complexity index is 613. The van der Waals surface area contributed by atoms with Crippen LogP contribution in [-0.4, -0.2) is 46.6 Å². The van der Waals surface area contributed by atoms with Crippen LogP contribution in [-0.2, 0) is 23.7 Å². The summed E-state index contributed by atoms with van der Waals surface area (Å²) < 4.78 is 23.7. The minimum Gasteiger partial charge on any atom is -0.356 e. The van der Waals surface area contributed by atoms with Gasteiger partial charge in [0.1, 0.15) is 13.1 Å². The fourth-order valence-electron chi connectivity index (χ4n) is 3.06. The molecule has 1 aromatic rings. The molecule has 0 spiro atoms. The molecule has 0 aliphatic carbocycles. The van der Waals surface area contributed by atoms with Crippen LogP contribution in [0.15, 0.2) is 42.5 Å². The van der Waals surface area contributed by atoms with E-state index < -0.39 is 26.4 Å². The van der Waals surface area contributed by atoms with E-state index in [2.05, 4.69) is 26.2 Å². The second-order valence-corrected chi connectivity index (χ2v) is 14.2. The molecule has 1 fully saturated rings. The quantitative estimate of drug-likeness (QED) is 0.177. The smallest absolute Gasteiger partial charge is 0.184 e. The van der Waals surface area contributed by atoms with Crippen molar-refractivity contribution < 1.29 is 23.7 Å². The van der Waals surface area contributed by atoms with Gasteiger partial charge in [-0.2, -0.15) is 0 Å². The van der Waals surface area contributed by atoms with Gasteiger partial charge < -0.3 is 23.7 Å². The van der Waals surface area contributed by atoms with Crippen LogP contribution in [0.25, 0.3) is 0 Å². The number of hydrogen-bond acceptors (Lipinski definition) is 5. The molecule has 1 saturated heterocycles. The summed E-state index contributed by atoms with van der Waals surface area (Å²) in [6.07, 6.45) is 0.367. The van der Waals surface area contributed by atoms with E-state index in [4.69, 9.17) is 18.9 Å². The van der Waals surface area contributed by atoms with Crippen LogP contribution in [0, 0.1) is 5.92 Å². The third kappa shape index (κ3) is 7.26. The summed E-state index contributed by atoms with van der Waals surface area (Å²) in [7, 11) is -1.15. The molecule has 0 aromatic heterocycles. The van der Waals surface area contributed by atoms with Crippen LogP contribution in [0.4, 0.5) is 0 Å². The molecule has 0 amide bonds. The number of benzene rings is 1. The molecular formula is C22H34O5Si. The van der Waals surface area contributed by atoms with Crippen molar-refractivity contribution in [3.63, 3.8) is 0 Å². The Morgan fingerprint density at radius 1 is 1.32 bits per heavy atom. The van der Waals surface area contributed by atoms with Gasteiger partial charge in [-0.25, -0.2) is 0 Å². The molecule has 4 atom stereocenters. The lowest BCUT2D eigenvalue weighted by atomic mass is 9.91. The maximum absolute atomic E-state index is 11.7. The zero-order valence-corrected chi connectivity index (χ0v) is 18.6. The predicted octanol–water partition coefficient (Wildman–Crippen LogP) is 4.58. The monoisotopic (exact) mass is 406 g/mol. The molecule has 0 N–H and O–H groups in total. The molecule has 1 aromatic carbocycles. The molecule has 1 aliphatic heterocycles. The molecule has 1 aliphatic rings. The van der Waals surface area contributed by atoms with Crippen molar-refractivity contribution in [3.8, 4) is 0 Å². The van der Waals surface area contributed by atoms with Crippen molar-refractivity contribution in [1.82, 2.24) is 0 Å². The van der Waals surface area contributed by atoms with E-state index >= 15 is 0 Å². The normalized spacial score (nSPS) is 22.4. The van der Waals surface area contributed by atoms with Crippen LogP contribution in [0.1, 0.15) is 25.2 Å². The van der Waals surface area contributed by atoms with Gasteiger partial charge in [-0.15, -0.1) is 0 Å². The molecule has 5 nitrogen and oxygen atoms in total. The minimum absolute atomic E-state index is 0.142. The topological polar surface area (TPSA) is 54.0 Å². The third-order valence-electron chi connectivity index (χ3n) is 4.82. The van der Waals surface area contributed by atoms with Crippen LogP contribution in [0.2, 0.25) is 25.7 Å². The van der Waals surface area contributed by atoms with Gasteiger partial charge >= 0.3 is 0 Å². The zero-order chi connectivity index (χ0) is 20.6. The highest BCUT2D eigenvalue weighted by Crippen LogP contribution is 2.31. The minimum atomic E-state index is -1.15. The summed E-state index contributed by atoms with van der Waals surface area (Å²) in [6.45, 7) is 14.1. The fraction of sp³-hybridized carbons (Fsp3) is 0.591. The first-order valence-corrected chi connectivity index (χ1v) is 13.6. The van der Waals surface area contributed by atoms with Crippen LogP contribution >= 0.6 is 0 Å². The molecule has 6 heteroatoms. The Balaban J connectivity index is 2.01. The molecule has 1 unspecified atom stereocenters. The molecule has 0 saturated carbocycles. The van der Waals surface area contributed by atoms with E-state index in [-0.39, 0.29) is 12.9 Å². The number of hydrogen-bond donors (Lipinski definition) is 0. The average Bonchev–Trinajstić information content (AvgIpc) is 2.66. The Kier molecular flexibility index (Phi) is 9.04. The van der Waals surface area contributed by atoms with Crippen molar-refractivity contribution in [2.45, 2.75) is 57.5 Å². The fourth-order valence-corrected chi connectivity index (χ4v) is 3.82. The van der Waals surface area contributed by atoms with Crippen LogP contribution in [0.5, 0.6) is 0 Å². The largest absolute Gasteiger partial charge is 0.356 e. The third-order valence-corrected chi connectivity index (χ3v) is 6.52. The van der Waals surface area contributed by atoms with Crippen molar-refractivity contribution >= 4 is 14.4 Å². The number of carbonyl (C=O) groups excluding carboxylic acids is 1. The molecule has 1 heterocycles. The van der Waals surface area contributed by atoms with Crippen LogP contribution < -0.4 is 0 Å². The summed E-state index contributed by atoms with van der Waals surface area (Å²) in [4.78, 5) is 11.7. The van der Waals surface area contributed by atoms with Gasteiger partial charge in [0.2, 0.25) is 0 Å². The highest BCUT2D eigenvalue weighted by molar-refractivity contribution is 6.76. The van der Waals surface area contributed by atoms with Crippen LogP contribution in [0.3, 0.4) is 0 Å². The molecule has 2 rings (SSSR count). The Morgan fingerprint density at radius 2 is 2.04 bits per heavy atom. The van der Waals surface area contributed by atoms with Gasteiger partial charge in [0, 0.05) is 20.2 Å². The van der Waals surface area contributed by atoms with E-state index in [1.54, 1.807) is 0 Å². The summed E-state index contributed by atoms with van der Waals surface area (Å²) >= 11 is 0. The molecular weight excluding hydrogens is 372 g/mol. The highest BCUT2D eigenvalue weighted by atomic mass is 28.3. The standard InChI is InChI=1S/C22H34O5Si/c1-17(2)19(15-23)21(26-16-24-13-14-28(3,4)5)20-11-12-25-22(27-20)18-9-7-6-8-10-18/h6-10,15,19-22H,1,11-14,16H2,2-5H3/t19-,20-,21+,22?/m0/s1. The van der Waals surface area contributed by atoms with Crippen molar-refractivity contribution in [2.24, 2.45) is 5.92 Å². The van der Waals surface area contributed by atoms with Gasteiger partial charge in [-0.3, -0.25) is 0 Å². The lowest BCUT2D eigenvalue weighted by Gasteiger charge is -2.37.